The lowest BCUT2D eigenvalue weighted by Crippen LogP contribution is -2.31. The van der Waals surface area contributed by atoms with Crippen LogP contribution >= 0.6 is 12.2 Å². The molecule has 0 aromatic heterocycles. The van der Waals surface area contributed by atoms with Gasteiger partial charge in [-0.2, -0.15) is 0 Å². The highest BCUT2D eigenvalue weighted by atomic mass is 32.1. The number of ether oxygens (including phenoxy) is 1. The van der Waals surface area contributed by atoms with Crippen LogP contribution in [-0.4, -0.2) is 24.2 Å². The Labute approximate surface area is 125 Å². The minimum Gasteiger partial charge on any atom is -0.462 e. The average molecular weight is 294 g/mol. The zero-order chi connectivity index (χ0) is 15.1. The van der Waals surface area contributed by atoms with E-state index in [1.165, 1.54) is 0 Å². The summed E-state index contributed by atoms with van der Waals surface area (Å²) in [5.41, 5.74) is 2.21. The molecule has 5 heteroatoms. The predicted octanol–water partition coefficient (Wildman–Crippen LogP) is 3.11. The third-order valence-electron chi connectivity index (χ3n) is 2.75. The van der Waals surface area contributed by atoms with Crippen molar-refractivity contribution in [1.82, 2.24) is 5.32 Å². The fourth-order valence-corrected chi connectivity index (χ4v) is 1.86. The summed E-state index contributed by atoms with van der Waals surface area (Å²) in [6, 6.07) is 5.46. The molecule has 2 N–H and O–H groups in total. The first kappa shape index (κ1) is 16.4. The highest BCUT2D eigenvalue weighted by Gasteiger charge is 2.13. The lowest BCUT2D eigenvalue weighted by atomic mass is 10.1. The molecule has 110 valence electrons. The van der Waals surface area contributed by atoms with Gasteiger partial charge in [0.1, 0.15) is 0 Å². The van der Waals surface area contributed by atoms with Crippen LogP contribution < -0.4 is 10.6 Å². The summed E-state index contributed by atoms with van der Waals surface area (Å²) in [5, 5.41) is 6.81. The standard InChI is InChI=1S/C15H22N2O2S/c1-5-19-14(18)12-7-6-8-13(11(12)4)17-15(20)16-9-10(2)3/h6-8,10H,5,9H2,1-4H3,(H2,16,17,20). The van der Waals surface area contributed by atoms with Crippen molar-refractivity contribution in [2.75, 3.05) is 18.5 Å². The Morgan fingerprint density at radius 2 is 2.10 bits per heavy atom. The minimum absolute atomic E-state index is 0.310. The lowest BCUT2D eigenvalue weighted by molar-refractivity contribution is 0.0525. The number of anilines is 1. The van der Waals surface area contributed by atoms with Crippen molar-refractivity contribution >= 4 is 29.0 Å². The summed E-state index contributed by atoms with van der Waals surface area (Å²) in [6.07, 6.45) is 0. The maximum atomic E-state index is 11.8. The van der Waals surface area contributed by atoms with E-state index in [1.54, 1.807) is 13.0 Å². The maximum Gasteiger partial charge on any atom is 0.338 e. The molecule has 0 aliphatic carbocycles. The molecule has 0 saturated carbocycles. The predicted molar refractivity (Wildman–Crippen MR) is 86.2 cm³/mol. The van der Waals surface area contributed by atoms with Gasteiger partial charge in [0.25, 0.3) is 0 Å². The summed E-state index contributed by atoms with van der Waals surface area (Å²) in [4.78, 5) is 11.8. The van der Waals surface area contributed by atoms with E-state index in [9.17, 15) is 4.79 Å². The van der Waals surface area contributed by atoms with Gasteiger partial charge in [0.05, 0.1) is 12.2 Å². The second-order valence-electron chi connectivity index (χ2n) is 4.93. The highest BCUT2D eigenvalue weighted by Crippen LogP contribution is 2.19. The largest absolute Gasteiger partial charge is 0.462 e. The average Bonchev–Trinajstić information content (AvgIpc) is 2.39. The quantitative estimate of drug-likeness (QED) is 0.645. The molecular weight excluding hydrogens is 272 g/mol. The molecule has 0 saturated heterocycles. The fourth-order valence-electron chi connectivity index (χ4n) is 1.66. The van der Waals surface area contributed by atoms with Crippen molar-refractivity contribution in [1.29, 1.82) is 0 Å². The normalized spacial score (nSPS) is 10.2. The van der Waals surface area contributed by atoms with Crippen LogP contribution in [0.2, 0.25) is 0 Å². The number of carbonyl (C=O) groups is 1. The first-order chi connectivity index (χ1) is 9.45. The van der Waals surface area contributed by atoms with Crippen LogP contribution in [0.15, 0.2) is 18.2 Å². The third kappa shape index (κ3) is 4.81. The molecule has 0 heterocycles. The topological polar surface area (TPSA) is 50.4 Å². The van der Waals surface area contributed by atoms with Crippen molar-refractivity contribution in [3.63, 3.8) is 0 Å². The van der Waals surface area contributed by atoms with Gasteiger partial charge in [0.15, 0.2) is 5.11 Å². The van der Waals surface area contributed by atoms with E-state index in [1.807, 2.05) is 19.1 Å². The van der Waals surface area contributed by atoms with E-state index >= 15 is 0 Å². The van der Waals surface area contributed by atoms with Crippen molar-refractivity contribution in [3.8, 4) is 0 Å². The number of benzene rings is 1. The Hall–Kier alpha value is -1.62. The molecule has 1 aromatic carbocycles. The number of rotatable bonds is 5. The molecule has 0 bridgehead atoms. The van der Waals surface area contributed by atoms with E-state index in [-0.39, 0.29) is 5.97 Å². The van der Waals surface area contributed by atoms with E-state index in [0.717, 1.165) is 17.8 Å². The molecule has 20 heavy (non-hydrogen) atoms. The first-order valence-corrected chi connectivity index (χ1v) is 7.18. The number of nitrogens with one attached hydrogen (secondary N) is 2. The summed E-state index contributed by atoms with van der Waals surface area (Å²) >= 11 is 5.24. The molecular formula is C15H22N2O2S. The van der Waals surface area contributed by atoms with Crippen molar-refractivity contribution < 1.29 is 9.53 Å². The number of hydrogen-bond acceptors (Lipinski definition) is 3. The van der Waals surface area contributed by atoms with Gasteiger partial charge in [-0.25, -0.2) is 4.79 Å². The Morgan fingerprint density at radius 1 is 1.40 bits per heavy atom. The highest BCUT2D eigenvalue weighted by molar-refractivity contribution is 7.80. The van der Waals surface area contributed by atoms with Crippen LogP contribution in [0.1, 0.15) is 36.7 Å². The fraction of sp³-hybridized carbons (Fsp3) is 0.467. The van der Waals surface area contributed by atoms with Gasteiger partial charge in [-0.3, -0.25) is 0 Å². The SMILES string of the molecule is CCOC(=O)c1cccc(NC(=S)NCC(C)C)c1C. The van der Waals surface area contributed by atoms with Crippen LogP contribution in [0.25, 0.3) is 0 Å². The van der Waals surface area contributed by atoms with E-state index < -0.39 is 0 Å². The van der Waals surface area contributed by atoms with Crippen molar-refractivity contribution in [2.24, 2.45) is 5.92 Å². The van der Waals surface area contributed by atoms with E-state index in [0.29, 0.717) is 23.2 Å². The molecule has 0 fully saturated rings. The van der Waals surface area contributed by atoms with E-state index in [2.05, 4.69) is 24.5 Å². The van der Waals surface area contributed by atoms with Crippen LogP contribution in [0.4, 0.5) is 5.69 Å². The Morgan fingerprint density at radius 3 is 2.70 bits per heavy atom. The number of thiocarbonyl (C=S) groups is 1. The molecule has 1 aromatic rings. The molecule has 1 rings (SSSR count). The van der Waals surface area contributed by atoms with Gasteiger partial charge < -0.3 is 15.4 Å². The molecule has 0 radical (unpaired) electrons. The maximum absolute atomic E-state index is 11.8. The van der Waals surface area contributed by atoms with Crippen LogP contribution in [0.3, 0.4) is 0 Å². The van der Waals surface area contributed by atoms with Gasteiger partial charge >= 0.3 is 5.97 Å². The van der Waals surface area contributed by atoms with Crippen LogP contribution in [-0.2, 0) is 4.74 Å². The number of hydrogen-bond donors (Lipinski definition) is 2. The second-order valence-corrected chi connectivity index (χ2v) is 5.34. The monoisotopic (exact) mass is 294 g/mol. The van der Waals surface area contributed by atoms with Crippen LogP contribution in [0, 0.1) is 12.8 Å². The second kappa shape index (κ2) is 7.85. The van der Waals surface area contributed by atoms with E-state index in [4.69, 9.17) is 17.0 Å². The molecule has 0 atom stereocenters. The molecule has 0 amide bonds. The molecule has 0 unspecified atom stereocenters. The Kier molecular flexibility index (Phi) is 6.45. The van der Waals surface area contributed by atoms with Gasteiger partial charge in [-0.1, -0.05) is 19.9 Å². The Bertz CT molecular complexity index is 487. The van der Waals surface area contributed by atoms with Crippen molar-refractivity contribution in [2.45, 2.75) is 27.7 Å². The molecule has 0 aliphatic heterocycles. The smallest absolute Gasteiger partial charge is 0.338 e. The summed E-state index contributed by atoms with van der Waals surface area (Å²) in [6.45, 7) is 9.07. The van der Waals surface area contributed by atoms with Gasteiger partial charge in [-0.05, 0) is 49.7 Å². The molecule has 4 nitrogen and oxygen atoms in total. The van der Waals surface area contributed by atoms with Gasteiger partial charge in [0.2, 0.25) is 0 Å². The summed E-state index contributed by atoms with van der Waals surface area (Å²) in [5.74, 6) is 0.205. The summed E-state index contributed by atoms with van der Waals surface area (Å²) in [7, 11) is 0. The third-order valence-corrected chi connectivity index (χ3v) is 2.99. The Balaban J connectivity index is 2.79. The van der Waals surface area contributed by atoms with Gasteiger partial charge in [-0.15, -0.1) is 0 Å². The van der Waals surface area contributed by atoms with Gasteiger partial charge in [0, 0.05) is 12.2 Å². The zero-order valence-corrected chi connectivity index (χ0v) is 13.3. The molecule has 0 spiro atoms. The minimum atomic E-state index is -0.310. The van der Waals surface area contributed by atoms with Crippen molar-refractivity contribution in [3.05, 3.63) is 29.3 Å². The zero-order valence-electron chi connectivity index (χ0n) is 12.4. The summed E-state index contributed by atoms with van der Waals surface area (Å²) < 4.78 is 5.03. The number of carbonyl (C=O) groups excluding carboxylic acids is 1. The first-order valence-electron chi connectivity index (χ1n) is 6.77. The lowest BCUT2D eigenvalue weighted by Gasteiger charge is -2.15. The van der Waals surface area contributed by atoms with Crippen LogP contribution in [0.5, 0.6) is 0 Å². The molecule has 0 aliphatic rings. The number of esters is 1.